The van der Waals surface area contributed by atoms with Crippen LogP contribution in [0.25, 0.3) is 0 Å². The first-order valence-corrected chi connectivity index (χ1v) is 6.44. The number of carbonyl (C=O) groups is 1. The van der Waals surface area contributed by atoms with Gasteiger partial charge in [0.1, 0.15) is 10.3 Å². The van der Waals surface area contributed by atoms with E-state index in [4.69, 9.17) is 5.11 Å². The lowest BCUT2D eigenvalue weighted by atomic mass is 10.1. The predicted octanol–water partition coefficient (Wildman–Crippen LogP) is 1.98. The maximum Gasteiger partial charge on any atom is 0.269 e. The van der Waals surface area contributed by atoms with E-state index in [-0.39, 0.29) is 18.4 Å². The van der Waals surface area contributed by atoms with Crippen molar-refractivity contribution < 1.29 is 9.90 Å². The molecule has 1 aromatic heterocycles. The van der Waals surface area contributed by atoms with Crippen LogP contribution in [0.5, 0.6) is 0 Å². The molecule has 17 heavy (non-hydrogen) atoms. The van der Waals surface area contributed by atoms with Gasteiger partial charge in [-0.15, -0.1) is 0 Å². The van der Waals surface area contributed by atoms with E-state index in [0.29, 0.717) is 16.8 Å². The van der Waals surface area contributed by atoms with E-state index in [2.05, 4.69) is 26.2 Å². The Balaban J connectivity index is 2.30. The lowest BCUT2D eigenvalue weighted by molar-refractivity contribution is 0.0947. The number of amides is 1. The molecule has 0 saturated carbocycles. The van der Waals surface area contributed by atoms with Crippen LogP contribution in [-0.2, 0) is 0 Å². The van der Waals surface area contributed by atoms with Crippen molar-refractivity contribution in [1.82, 2.24) is 10.3 Å². The second-order valence-corrected chi connectivity index (χ2v) is 4.84. The van der Waals surface area contributed by atoms with Crippen LogP contribution < -0.4 is 5.32 Å². The molecule has 0 radical (unpaired) electrons. The highest BCUT2D eigenvalue weighted by Gasteiger charge is 2.06. The lowest BCUT2D eigenvalue weighted by Crippen LogP contribution is -2.25. The zero-order valence-electron chi connectivity index (χ0n) is 9.82. The van der Waals surface area contributed by atoms with Gasteiger partial charge in [-0.05, 0) is 46.8 Å². The number of pyridine rings is 1. The fourth-order valence-corrected chi connectivity index (χ4v) is 1.71. The molecule has 4 nitrogen and oxygen atoms in total. The summed E-state index contributed by atoms with van der Waals surface area (Å²) in [7, 11) is 0. The number of hydrogen-bond acceptors (Lipinski definition) is 3. The molecule has 0 spiro atoms. The van der Waals surface area contributed by atoms with E-state index < -0.39 is 0 Å². The maximum absolute atomic E-state index is 11.7. The number of aliphatic hydroxyl groups is 1. The second-order valence-electron chi connectivity index (χ2n) is 4.03. The number of nitrogens with zero attached hydrogens (tertiary/aromatic N) is 1. The third-order valence-corrected chi connectivity index (χ3v) is 2.86. The zero-order chi connectivity index (χ0) is 12.7. The van der Waals surface area contributed by atoms with Gasteiger partial charge in [-0.2, -0.15) is 0 Å². The van der Waals surface area contributed by atoms with Gasteiger partial charge in [-0.25, -0.2) is 4.98 Å². The molecule has 0 aliphatic heterocycles. The van der Waals surface area contributed by atoms with Gasteiger partial charge >= 0.3 is 0 Å². The molecule has 94 valence electrons. The highest BCUT2D eigenvalue weighted by atomic mass is 79.9. The zero-order valence-corrected chi connectivity index (χ0v) is 11.4. The first-order valence-electron chi connectivity index (χ1n) is 5.65. The smallest absolute Gasteiger partial charge is 0.269 e. The molecular weight excluding hydrogens is 284 g/mol. The number of rotatable bonds is 6. The topological polar surface area (TPSA) is 62.2 Å². The third kappa shape index (κ3) is 5.28. The summed E-state index contributed by atoms with van der Waals surface area (Å²) in [6.45, 7) is 2.79. The first kappa shape index (κ1) is 14.1. The molecule has 1 rings (SSSR count). The minimum atomic E-state index is -0.164. The highest BCUT2D eigenvalue weighted by Crippen LogP contribution is 2.06. The SMILES string of the molecule is CC(CO)CCCNC(=O)c1cccc(Br)n1. The number of carbonyl (C=O) groups excluding carboxylic acids is 1. The molecule has 0 fully saturated rings. The molecule has 5 heteroatoms. The van der Waals surface area contributed by atoms with Crippen molar-refractivity contribution in [3.05, 3.63) is 28.5 Å². The van der Waals surface area contributed by atoms with Crippen LogP contribution in [0.3, 0.4) is 0 Å². The van der Waals surface area contributed by atoms with Crippen molar-refractivity contribution in [1.29, 1.82) is 0 Å². The average Bonchev–Trinajstić information content (AvgIpc) is 2.34. The van der Waals surface area contributed by atoms with Crippen LogP contribution in [0.15, 0.2) is 22.8 Å². The Bertz CT molecular complexity index is 371. The van der Waals surface area contributed by atoms with Gasteiger partial charge in [0.15, 0.2) is 0 Å². The molecule has 1 unspecified atom stereocenters. The minimum absolute atomic E-state index is 0.164. The third-order valence-electron chi connectivity index (χ3n) is 2.42. The van der Waals surface area contributed by atoms with E-state index in [0.717, 1.165) is 12.8 Å². The Morgan fingerprint density at radius 3 is 3.00 bits per heavy atom. The van der Waals surface area contributed by atoms with Crippen LogP contribution in [0.1, 0.15) is 30.3 Å². The van der Waals surface area contributed by atoms with Crippen molar-refractivity contribution in [3.63, 3.8) is 0 Å². The summed E-state index contributed by atoms with van der Waals surface area (Å²) in [6, 6.07) is 5.23. The van der Waals surface area contributed by atoms with Crippen molar-refractivity contribution in [2.75, 3.05) is 13.2 Å². The average molecular weight is 301 g/mol. The first-order chi connectivity index (χ1) is 8.13. The summed E-state index contributed by atoms with van der Waals surface area (Å²) in [5.41, 5.74) is 0.412. The Morgan fingerprint density at radius 1 is 1.59 bits per heavy atom. The van der Waals surface area contributed by atoms with Crippen LogP contribution in [0.2, 0.25) is 0 Å². The molecule has 0 aliphatic carbocycles. The number of hydrogen-bond donors (Lipinski definition) is 2. The quantitative estimate of drug-likeness (QED) is 0.624. The predicted molar refractivity (Wildman–Crippen MR) is 69.8 cm³/mol. The van der Waals surface area contributed by atoms with Crippen molar-refractivity contribution >= 4 is 21.8 Å². The van der Waals surface area contributed by atoms with E-state index in [1.54, 1.807) is 18.2 Å². The van der Waals surface area contributed by atoms with Gasteiger partial charge in [0.05, 0.1) is 0 Å². The number of aliphatic hydroxyl groups excluding tert-OH is 1. The molecule has 0 aromatic carbocycles. The van der Waals surface area contributed by atoms with Gasteiger partial charge in [0, 0.05) is 13.2 Å². The standard InChI is InChI=1S/C12H17BrN2O2/c1-9(8-16)4-3-7-14-12(17)10-5-2-6-11(13)15-10/h2,5-6,9,16H,3-4,7-8H2,1H3,(H,14,17). The summed E-state index contributed by atoms with van der Waals surface area (Å²) >= 11 is 3.22. The Hall–Kier alpha value is -0.940. The maximum atomic E-state index is 11.7. The summed E-state index contributed by atoms with van der Waals surface area (Å²) in [5.74, 6) is 0.124. The summed E-state index contributed by atoms with van der Waals surface area (Å²) in [5, 5.41) is 11.7. The normalized spacial score (nSPS) is 12.2. The van der Waals surface area contributed by atoms with Crippen molar-refractivity contribution in [2.24, 2.45) is 5.92 Å². The number of nitrogens with one attached hydrogen (secondary N) is 1. The second kappa shape index (κ2) is 7.40. The van der Waals surface area contributed by atoms with Crippen molar-refractivity contribution in [3.8, 4) is 0 Å². The molecule has 1 atom stereocenters. The molecule has 1 heterocycles. The number of aromatic nitrogens is 1. The monoisotopic (exact) mass is 300 g/mol. The van der Waals surface area contributed by atoms with E-state index >= 15 is 0 Å². The largest absolute Gasteiger partial charge is 0.396 e. The van der Waals surface area contributed by atoms with Gasteiger partial charge in [0.25, 0.3) is 5.91 Å². The van der Waals surface area contributed by atoms with Crippen LogP contribution in [0, 0.1) is 5.92 Å². The molecule has 1 aromatic rings. The van der Waals surface area contributed by atoms with Gasteiger partial charge < -0.3 is 10.4 Å². The molecule has 2 N–H and O–H groups in total. The Morgan fingerprint density at radius 2 is 2.35 bits per heavy atom. The lowest BCUT2D eigenvalue weighted by Gasteiger charge is -2.08. The summed E-state index contributed by atoms with van der Waals surface area (Å²) in [6.07, 6.45) is 1.77. The van der Waals surface area contributed by atoms with Gasteiger partial charge in [0.2, 0.25) is 0 Å². The van der Waals surface area contributed by atoms with Crippen LogP contribution in [-0.4, -0.2) is 29.1 Å². The van der Waals surface area contributed by atoms with Gasteiger partial charge in [-0.3, -0.25) is 4.79 Å². The van der Waals surface area contributed by atoms with E-state index in [1.807, 2.05) is 6.92 Å². The number of halogens is 1. The minimum Gasteiger partial charge on any atom is -0.396 e. The van der Waals surface area contributed by atoms with E-state index in [1.165, 1.54) is 0 Å². The highest BCUT2D eigenvalue weighted by molar-refractivity contribution is 9.10. The van der Waals surface area contributed by atoms with Gasteiger partial charge in [-0.1, -0.05) is 13.0 Å². The Labute approximate surface area is 110 Å². The fraction of sp³-hybridized carbons (Fsp3) is 0.500. The van der Waals surface area contributed by atoms with Crippen molar-refractivity contribution in [2.45, 2.75) is 19.8 Å². The van der Waals surface area contributed by atoms with Crippen LogP contribution in [0.4, 0.5) is 0 Å². The van der Waals surface area contributed by atoms with Crippen LogP contribution >= 0.6 is 15.9 Å². The molecule has 0 bridgehead atoms. The molecule has 0 aliphatic rings. The Kier molecular flexibility index (Phi) is 6.15. The summed E-state index contributed by atoms with van der Waals surface area (Å²) < 4.78 is 0.652. The van der Waals surface area contributed by atoms with E-state index in [9.17, 15) is 4.79 Å². The fourth-order valence-electron chi connectivity index (χ4n) is 1.37. The molecule has 0 saturated heterocycles. The summed E-state index contributed by atoms with van der Waals surface area (Å²) in [4.78, 5) is 15.7. The molecule has 1 amide bonds. The molecular formula is C12H17BrN2O2.